The number of rotatable bonds is 3. The highest BCUT2D eigenvalue weighted by Gasteiger charge is 2.18. The highest BCUT2D eigenvalue weighted by Crippen LogP contribution is 2.27. The molecule has 0 bridgehead atoms. The summed E-state index contributed by atoms with van der Waals surface area (Å²) < 4.78 is 12.7. The van der Waals surface area contributed by atoms with Gasteiger partial charge >= 0.3 is 0 Å². The van der Waals surface area contributed by atoms with Crippen LogP contribution in [-0.4, -0.2) is 42.9 Å². The molecule has 0 radical (unpaired) electrons. The van der Waals surface area contributed by atoms with Crippen LogP contribution < -0.4 is 0 Å². The van der Waals surface area contributed by atoms with Gasteiger partial charge in [-0.3, -0.25) is 4.79 Å². The smallest absolute Gasteiger partial charge is 0.184 e. The second-order valence-electron chi connectivity index (χ2n) is 4.99. The highest BCUT2D eigenvalue weighted by molar-refractivity contribution is 14.1. The van der Waals surface area contributed by atoms with Gasteiger partial charge in [-0.25, -0.2) is 0 Å². The van der Waals surface area contributed by atoms with E-state index in [0.29, 0.717) is 23.8 Å². The molecule has 2 N–H and O–H groups in total. The molecule has 3 rings (SSSR count). The summed E-state index contributed by atoms with van der Waals surface area (Å²) in [5, 5.41) is 16.7. The molecule has 27 heavy (non-hydrogen) atoms. The summed E-state index contributed by atoms with van der Waals surface area (Å²) in [6, 6.07) is 10.9. The molecule has 9 heteroatoms. The predicted octanol–water partition coefficient (Wildman–Crippen LogP) is 4.72. The second-order valence-corrected chi connectivity index (χ2v) is 8.12. The van der Waals surface area contributed by atoms with E-state index in [1.807, 2.05) is 18.2 Å². The molecule has 1 aliphatic rings. The maximum absolute atomic E-state index is 10.2. The summed E-state index contributed by atoms with van der Waals surface area (Å²) in [7, 11) is 0. The van der Waals surface area contributed by atoms with E-state index in [1.54, 1.807) is 18.2 Å². The lowest BCUT2D eigenvalue weighted by molar-refractivity contribution is -0.0441. The number of halogens is 4. The SMILES string of the molecule is Clc1ccc(C2OCCO2)cc1I.O=Cc1ccc(Cl)c(I)c1.OCCO. The Labute approximate surface area is 195 Å². The molecule has 0 spiro atoms. The summed E-state index contributed by atoms with van der Waals surface area (Å²) in [5.74, 6) is 0. The largest absolute Gasteiger partial charge is 0.394 e. The first-order valence-electron chi connectivity index (χ1n) is 7.73. The average molecular weight is 639 g/mol. The van der Waals surface area contributed by atoms with Crippen LogP contribution in [0.3, 0.4) is 0 Å². The molecule has 0 saturated carbocycles. The van der Waals surface area contributed by atoms with Crippen molar-refractivity contribution < 1.29 is 24.5 Å². The van der Waals surface area contributed by atoms with Crippen LogP contribution in [0.1, 0.15) is 22.2 Å². The van der Waals surface area contributed by atoms with Gasteiger partial charge in [0.05, 0.1) is 36.5 Å². The summed E-state index contributed by atoms with van der Waals surface area (Å²) in [6.07, 6.45) is 0.601. The summed E-state index contributed by atoms with van der Waals surface area (Å²) >= 11 is 15.9. The van der Waals surface area contributed by atoms with Crippen molar-refractivity contribution in [2.75, 3.05) is 26.4 Å². The van der Waals surface area contributed by atoms with Crippen molar-refractivity contribution in [3.63, 3.8) is 0 Å². The van der Waals surface area contributed by atoms with E-state index in [1.165, 1.54) is 0 Å². The predicted molar refractivity (Wildman–Crippen MR) is 123 cm³/mol. The quantitative estimate of drug-likeness (QED) is 0.376. The van der Waals surface area contributed by atoms with Gasteiger partial charge in [0.2, 0.25) is 0 Å². The van der Waals surface area contributed by atoms with Crippen LogP contribution in [0.15, 0.2) is 36.4 Å². The van der Waals surface area contributed by atoms with Crippen molar-refractivity contribution in [3.05, 3.63) is 64.7 Å². The Balaban J connectivity index is 0.000000232. The van der Waals surface area contributed by atoms with Crippen molar-refractivity contribution in [2.45, 2.75) is 6.29 Å². The Morgan fingerprint density at radius 2 is 1.48 bits per heavy atom. The van der Waals surface area contributed by atoms with E-state index < -0.39 is 0 Å². The zero-order valence-electron chi connectivity index (χ0n) is 14.1. The molecular weight excluding hydrogens is 621 g/mol. The molecule has 2 aromatic carbocycles. The third-order valence-electron chi connectivity index (χ3n) is 3.02. The van der Waals surface area contributed by atoms with E-state index in [-0.39, 0.29) is 19.5 Å². The minimum Gasteiger partial charge on any atom is -0.394 e. The normalized spacial score (nSPS) is 13.3. The van der Waals surface area contributed by atoms with Gasteiger partial charge in [0, 0.05) is 18.3 Å². The molecule has 148 valence electrons. The minimum absolute atomic E-state index is 0.125. The van der Waals surface area contributed by atoms with Crippen molar-refractivity contribution in [1.29, 1.82) is 0 Å². The molecule has 0 atom stereocenters. The zero-order valence-corrected chi connectivity index (χ0v) is 19.9. The Bertz CT molecular complexity index is 723. The number of aliphatic hydroxyl groups is 2. The van der Waals surface area contributed by atoms with Crippen LogP contribution in [0.4, 0.5) is 0 Å². The van der Waals surface area contributed by atoms with Gasteiger partial charge in [-0.1, -0.05) is 35.3 Å². The first-order chi connectivity index (χ1) is 12.9. The van der Waals surface area contributed by atoms with Crippen LogP contribution in [0.25, 0.3) is 0 Å². The summed E-state index contributed by atoms with van der Waals surface area (Å²) in [4.78, 5) is 10.2. The van der Waals surface area contributed by atoms with Crippen molar-refractivity contribution in [1.82, 2.24) is 0 Å². The van der Waals surface area contributed by atoms with Gasteiger partial charge in [-0.05, 0) is 69.4 Å². The maximum Gasteiger partial charge on any atom is 0.184 e. The molecule has 0 unspecified atom stereocenters. The number of carbonyl (C=O) groups is 1. The Hall–Kier alpha value is -0.0100. The highest BCUT2D eigenvalue weighted by atomic mass is 127. The molecule has 1 heterocycles. The Kier molecular flexibility index (Phi) is 13.0. The van der Waals surface area contributed by atoms with Crippen LogP contribution in [0.5, 0.6) is 0 Å². The number of carbonyl (C=O) groups excluding carboxylic acids is 1. The fraction of sp³-hybridized carbons (Fsp3) is 0.278. The van der Waals surface area contributed by atoms with Gasteiger partial charge in [0.1, 0.15) is 6.29 Å². The lowest BCUT2D eigenvalue weighted by Crippen LogP contribution is -1.98. The van der Waals surface area contributed by atoms with E-state index in [0.717, 1.165) is 24.0 Å². The van der Waals surface area contributed by atoms with Crippen LogP contribution >= 0.6 is 68.4 Å². The van der Waals surface area contributed by atoms with Crippen molar-refractivity contribution >= 4 is 74.7 Å². The maximum atomic E-state index is 10.2. The average Bonchev–Trinajstić information content (AvgIpc) is 3.22. The van der Waals surface area contributed by atoms with Crippen LogP contribution in [0.2, 0.25) is 10.0 Å². The molecule has 2 aromatic rings. The van der Waals surface area contributed by atoms with Gasteiger partial charge in [-0.2, -0.15) is 0 Å². The molecule has 0 amide bonds. The monoisotopic (exact) mass is 638 g/mol. The Morgan fingerprint density at radius 3 is 1.93 bits per heavy atom. The van der Waals surface area contributed by atoms with Crippen LogP contribution in [0, 0.1) is 7.14 Å². The second kappa shape index (κ2) is 14.0. The fourth-order valence-electron chi connectivity index (χ4n) is 1.80. The molecule has 0 aliphatic carbocycles. The van der Waals surface area contributed by atoms with Gasteiger partial charge in [0.25, 0.3) is 0 Å². The molecule has 1 saturated heterocycles. The van der Waals surface area contributed by atoms with Gasteiger partial charge in [0.15, 0.2) is 6.29 Å². The summed E-state index contributed by atoms with van der Waals surface area (Å²) in [6.45, 7) is 1.09. The lowest BCUT2D eigenvalue weighted by Gasteiger charge is -2.09. The number of hydrogen-bond donors (Lipinski definition) is 2. The van der Waals surface area contributed by atoms with Crippen molar-refractivity contribution in [2.24, 2.45) is 0 Å². The number of hydrogen-bond acceptors (Lipinski definition) is 5. The molecule has 1 aliphatic heterocycles. The lowest BCUT2D eigenvalue weighted by atomic mass is 10.2. The topological polar surface area (TPSA) is 76.0 Å². The molecule has 1 fully saturated rings. The number of ether oxygens (including phenoxy) is 2. The van der Waals surface area contributed by atoms with Gasteiger partial charge in [-0.15, -0.1) is 0 Å². The molecular formula is C18H18Cl2I2O5. The number of aldehydes is 1. The third kappa shape index (κ3) is 9.35. The number of benzene rings is 2. The molecule has 5 nitrogen and oxygen atoms in total. The minimum atomic E-state index is -0.203. The van der Waals surface area contributed by atoms with Crippen molar-refractivity contribution in [3.8, 4) is 0 Å². The standard InChI is InChI=1S/C9H8ClIO2.C7H4ClIO.C2H6O2/c10-7-2-1-6(5-8(7)11)9-12-3-4-13-9;8-6-2-1-5(4-10)3-7(6)9;3-1-2-4/h1-2,5,9H,3-4H2;1-4H;3-4H,1-2H2. The fourth-order valence-corrected chi connectivity index (χ4v) is 3.11. The first kappa shape index (κ1) is 25.0. The van der Waals surface area contributed by atoms with E-state index in [4.69, 9.17) is 42.9 Å². The van der Waals surface area contributed by atoms with Crippen LogP contribution in [-0.2, 0) is 9.47 Å². The zero-order chi connectivity index (χ0) is 20.2. The third-order valence-corrected chi connectivity index (χ3v) is 6.10. The summed E-state index contributed by atoms with van der Waals surface area (Å²) in [5.41, 5.74) is 1.69. The van der Waals surface area contributed by atoms with Gasteiger partial charge < -0.3 is 19.7 Å². The number of aliphatic hydroxyl groups excluding tert-OH is 2. The van der Waals surface area contributed by atoms with E-state index in [2.05, 4.69) is 45.2 Å². The van der Waals surface area contributed by atoms with E-state index in [9.17, 15) is 4.79 Å². The Morgan fingerprint density at radius 1 is 0.963 bits per heavy atom. The first-order valence-corrected chi connectivity index (χ1v) is 10.6. The van der Waals surface area contributed by atoms with E-state index >= 15 is 0 Å². The molecule has 0 aromatic heterocycles.